The lowest BCUT2D eigenvalue weighted by atomic mass is 9.81. The second kappa shape index (κ2) is 8.64. The van der Waals surface area contributed by atoms with E-state index in [4.69, 9.17) is 9.26 Å². The predicted molar refractivity (Wildman–Crippen MR) is 99.1 cm³/mol. The van der Waals surface area contributed by atoms with E-state index in [1.165, 1.54) is 12.0 Å². The largest absolute Gasteiger partial charge is 0.491 e. The van der Waals surface area contributed by atoms with E-state index in [2.05, 4.69) is 34.5 Å². The highest BCUT2D eigenvalue weighted by molar-refractivity contribution is 5.27. The van der Waals surface area contributed by atoms with E-state index in [1.807, 2.05) is 12.1 Å². The molecule has 1 aliphatic carbocycles. The molecule has 1 saturated carbocycles. The Labute approximate surface area is 155 Å². The minimum absolute atomic E-state index is 0.250. The van der Waals surface area contributed by atoms with Crippen molar-refractivity contribution in [1.29, 1.82) is 0 Å². The van der Waals surface area contributed by atoms with Crippen LogP contribution in [0.3, 0.4) is 0 Å². The first-order valence-electron chi connectivity index (χ1n) is 9.57. The van der Waals surface area contributed by atoms with Gasteiger partial charge in [0.2, 0.25) is 5.89 Å². The van der Waals surface area contributed by atoms with Gasteiger partial charge in [0.15, 0.2) is 5.82 Å². The number of hydrogen-bond acceptors (Lipinski definition) is 6. The third-order valence-electron chi connectivity index (χ3n) is 5.11. The summed E-state index contributed by atoms with van der Waals surface area (Å²) in [4.78, 5) is 4.44. The molecule has 1 aliphatic rings. The van der Waals surface area contributed by atoms with Crippen molar-refractivity contribution in [2.24, 2.45) is 0 Å². The summed E-state index contributed by atoms with van der Waals surface area (Å²) in [7, 11) is 0. The van der Waals surface area contributed by atoms with Gasteiger partial charge in [-0.1, -0.05) is 43.5 Å². The van der Waals surface area contributed by atoms with E-state index in [-0.39, 0.29) is 12.1 Å². The van der Waals surface area contributed by atoms with Crippen LogP contribution >= 0.6 is 0 Å². The number of aromatic nitrogens is 2. The Bertz CT molecular complexity index is 678. The number of ether oxygens (including phenoxy) is 1. The van der Waals surface area contributed by atoms with E-state index >= 15 is 0 Å². The molecule has 142 valence electrons. The van der Waals surface area contributed by atoms with Gasteiger partial charge in [0.25, 0.3) is 0 Å². The van der Waals surface area contributed by atoms with Gasteiger partial charge in [-0.3, -0.25) is 0 Å². The first-order chi connectivity index (χ1) is 12.6. The van der Waals surface area contributed by atoms with Crippen molar-refractivity contribution in [2.45, 2.75) is 64.0 Å². The lowest BCUT2D eigenvalue weighted by molar-refractivity contribution is 0.0879. The number of aliphatic hydroxyl groups excluding tert-OH is 1. The zero-order chi connectivity index (χ0) is 18.4. The van der Waals surface area contributed by atoms with Crippen molar-refractivity contribution < 1.29 is 14.4 Å². The number of benzene rings is 1. The van der Waals surface area contributed by atoms with Crippen molar-refractivity contribution in [1.82, 2.24) is 15.5 Å². The lowest BCUT2D eigenvalue weighted by Gasteiger charge is -2.36. The number of aryl methyl sites for hydroxylation is 2. The molecule has 0 spiro atoms. The van der Waals surface area contributed by atoms with Gasteiger partial charge in [-0.25, -0.2) is 0 Å². The molecule has 1 heterocycles. The van der Waals surface area contributed by atoms with Crippen LogP contribution in [0, 0.1) is 6.92 Å². The van der Waals surface area contributed by atoms with Gasteiger partial charge in [-0.2, -0.15) is 4.98 Å². The maximum absolute atomic E-state index is 10.4. The topological polar surface area (TPSA) is 80.4 Å². The van der Waals surface area contributed by atoms with Crippen LogP contribution in [-0.2, 0) is 12.0 Å². The monoisotopic (exact) mass is 359 g/mol. The Morgan fingerprint density at radius 3 is 2.58 bits per heavy atom. The van der Waals surface area contributed by atoms with Crippen LogP contribution in [0.25, 0.3) is 0 Å². The van der Waals surface area contributed by atoms with E-state index in [9.17, 15) is 5.11 Å². The van der Waals surface area contributed by atoms with Crippen molar-refractivity contribution in [3.8, 4) is 5.75 Å². The SMILES string of the molecule is CCc1ccc(OCC(O)CNC2(c3noc(C)n3)CCCCC2)cc1. The molecule has 1 fully saturated rings. The number of aliphatic hydroxyl groups is 1. The van der Waals surface area contributed by atoms with Crippen LogP contribution < -0.4 is 10.1 Å². The quantitative estimate of drug-likeness (QED) is 0.754. The summed E-state index contributed by atoms with van der Waals surface area (Å²) in [5.41, 5.74) is 0.967. The average Bonchev–Trinajstić information content (AvgIpc) is 3.13. The number of hydrogen-bond donors (Lipinski definition) is 2. The number of nitrogens with zero attached hydrogens (tertiary/aromatic N) is 2. The van der Waals surface area contributed by atoms with E-state index in [1.54, 1.807) is 6.92 Å². The molecule has 2 N–H and O–H groups in total. The van der Waals surface area contributed by atoms with Crippen LogP contribution in [0.15, 0.2) is 28.8 Å². The van der Waals surface area contributed by atoms with Crippen molar-refractivity contribution in [3.63, 3.8) is 0 Å². The molecule has 26 heavy (non-hydrogen) atoms. The third-order valence-corrected chi connectivity index (χ3v) is 5.11. The van der Waals surface area contributed by atoms with Gasteiger partial charge in [0.05, 0.1) is 5.54 Å². The highest BCUT2D eigenvalue weighted by atomic mass is 16.5. The Morgan fingerprint density at radius 1 is 1.23 bits per heavy atom. The third kappa shape index (κ3) is 4.62. The van der Waals surface area contributed by atoms with Gasteiger partial charge < -0.3 is 19.7 Å². The Kier molecular flexibility index (Phi) is 6.27. The molecule has 6 heteroatoms. The molecule has 6 nitrogen and oxygen atoms in total. The fourth-order valence-electron chi connectivity index (χ4n) is 3.51. The van der Waals surface area contributed by atoms with E-state index in [0.717, 1.165) is 37.9 Å². The summed E-state index contributed by atoms with van der Waals surface area (Å²) in [5, 5.41) is 18.0. The summed E-state index contributed by atoms with van der Waals surface area (Å²) in [6, 6.07) is 8.00. The molecule has 0 radical (unpaired) electrons. The lowest BCUT2D eigenvalue weighted by Crippen LogP contribution is -2.48. The summed E-state index contributed by atoms with van der Waals surface area (Å²) in [5.74, 6) is 2.06. The first-order valence-corrected chi connectivity index (χ1v) is 9.57. The molecule has 0 bridgehead atoms. The molecule has 1 atom stereocenters. The molecule has 2 aromatic rings. The minimum atomic E-state index is -0.604. The predicted octanol–water partition coefficient (Wildman–Crippen LogP) is 3.13. The van der Waals surface area contributed by atoms with Crippen molar-refractivity contribution in [2.75, 3.05) is 13.2 Å². The second-order valence-electron chi connectivity index (χ2n) is 7.12. The molecule has 1 aromatic carbocycles. The van der Waals surface area contributed by atoms with E-state index < -0.39 is 6.10 Å². The zero-order valence-electron chi connectivity index (χ0n) is 15.7. The Hall–Kier alpha value is -1.92. The maximum Gasteiger partial charge on any atom is 0.223 e. The molecule has 3 rings (SSSR count). The Morgan fingerprint density at radius 2 is 1.96 bits per heavy atom. The summed E-state index contributed by atoms with van der Waals surface area (Å²) in [6.07, 6.45) is 5.78. The maximum atomic E-state index is 10.4. The van der Waals surface area contributed by atoms with Crippen molar-refractivity contribution in [3.05, 3.63) is 41.5 Å². The smallest absolute Gasteiger partial charge is 0.223 e. The molecule has 1 aromatic heterocycles. The molecule has 1 unspecified atom stereocenters. The molecule has 0 saturated heterocycles. The second-order valence-corrected chi connectivity index (χ2v) is 7.12. The molecular weight excluding hydrogens is 330 g/mol. The Balaban J connectivity index is 1.54. The van der Waals surface area contributed by atoms with Gasteiger partial charge in [-0.05, 0) is 37.0 Å². The average molecular weight is 359 g/mol. The van der Waals surface area contributed by atoms with Crippen LogP contribution in [0.2, 0.25) is 0 Å². The van der Waals surface area contributed by atoms with Crippen LogP contribution in [0.1, 0.15) is 56.3 Å². The van der Waals surface area contributed by atoms with Crippen LogP contribution in [-0.4, -0.2) is 34.5 Å². The highest BCUT2D eigenvalue weighted by Gasteiger charge is 2.38. The summed E-state index contributed by atoms with van der Waals surface area (Å²) in [6.45, 7) is 4.61. The van der Waals surface area contributed by atoms with Crippen molar-refractivity contribution >= 4 is 0 Å². The first kappa shape index (κ1) is 18.9. The standard InChI is InChI=1S/C20H29N3O3/c1-3-16-7-9-18(10-8-16)25-14-17(24)13-21-20(11-5-4-6-12-20)19-22-15(2)26-23-19/h7-10,17,21,24H,3-6,11-14H2,1-2H3. The normalized spacial score (nSPS) is 17.8. The highest BCUT2D eigenvalue weighted by Crippen LogP contribution is 2.35. The van der Waals surface area contributed by atoms with Crippen LogP contribution in [0.5, 0.6) is 5.75 Å². The minimum Gasteiger partial charge on any atom is -0.491 e. The van der Waals surface area contributed by atoms with Gasteiger partial charge in [0.1, 0.15) is 18.5 Å². The molecule has 0 amide bonds. The molecule has 0 aliphatic heterocycles. The van der Waals surface area contributed by atoms with Gasteiger partial charge in [-0.15, -0.1) is 0 Å². The number of rotatable bonds is 8. The van der Waals surface area contributed by atoms with Gasteiger partial charge >= 0.3 is 0 Å². The van der Waals surface area contributed by atoms with Gasteiger partial charge in [0, 0.05) is 13.5 Å². The van der Waals surface area contributed by atoms with E-state index in [0.29, 0.717) is 18.3 Å². The fraction of sp³-hybridized carbons (Fsp3) is 0.600. The summed E-state index contributed by atoms with van der Waals surface area (Å²) >= 11 is 0. The zero-order valence-corrected chi connectivity index (χ0v) is 15.7. The summed E-state index contributed by atoms with van der Waals surface area (Å²) < 4.78 is 10.9. The fourth-order valence-corrected chi connectivity index (χ4v) is 3.51. The number of nitrogens with one attached hydrogen (secondary N) is 1. The molecular formula is C20H29N3O3. The van der Waals surface area contributed by atoms with Crippen LogP contribution in [0.4, 0.5) is 0 Å².